The summed E-state index contributed by atoms with van der Waals surface area (Å²) >= 11 is 0. The lowest BCUT2D eigenvalue weighted by Crippen LogP contribution is -2.03. The van der Waals surface area contributed by atoms with Crippen LogP contribution in [0.1, 0.15) is 37.6 Å². The summed E-state index contributed by atoms with van der Waals surface area (Å²) in [5, 5.41) is 0. The highest BCUT2D eigenvalue weighted by molar-refractivity contribution is 5.81. The summed E-state index contributed by atoms with van der Waals surface area (Å²) in [7, 11) is 0. The Morgan fingerprint density at radius 1 is 0.931 bits per heavy atom. The number of rotatable bonds is 6. The van der Waals surface area contributed by atoms with E-state index in [4.69, 9.17) is 9.97 Å². The quantitative estimate of drug-likeness (QED) is 0.422. The summed E-state index contributed by atoms with van der Waals surface area (Å²) in [6.45, 7) is 12.3. The Labute approximate surface area is 174 Å². The molecular formula is C27H28N2. The monoisotopic (exact) mass is 380 g/mol. The molecule has 0 N–H and O–H groups in total. The van der Waals surface area contributed by atoms with Crippen molar-refractivity contribution < 1.29 is 0 Å². The van der Waals surface area contributed by atoms with Gasteiger partial charge in [-0.15, -0.1) is 0 Å². The fourth-order valence-electron chi connectivity index (χ4n) is 3.32. The highest BCUT2D eigenvalue weighted by Gasteiger charge is 2.16. The van der Waals surface area contributed by atoms with E-state index < -0.39 is 0 Å². The van der Waals surface area contributed by atoms with Gasteiger partial charge in [-0.2, -0.15) is 0 Å². The van der Waals surface area contributed by atoms with Crippen molar-refractivity contribution in [3.8, 4) is 22.6 Å². The molecule has 0 saturated heterocycles. The molecule has 3 aromatic rings. The summed E-state index contributed by atoms with van der Waals surface area (Å²) < 4.78 is 0. The van der Waals surface area contributed by atoms with Crippen molar-refractivity contribution in [2.75, 3.05) is 0 Å². The van der Waals surface area contributed by atoms with Crippen LogP contribution in [0.15, 0.2) is 85.0 Å². The van der Waals surface area contributed by atoms with Crippen LogP contribution in [-0.4, -0.2) is 9.97 Å². The molecule has 2 nitrogen and oxygen atoms in total. The molecule has 0 aliphatic carbocycles. The van der Waals surface area contributed by atoms with Crippen molar-refractivity contribution in [1.82, 2.24) is 9.97 Å². The van der Waals surface area contributed by atoms with Gasteiger partial charge in [0, 0.05) is 16.7 Å². The Morgan fingerprint density at radius 2 is 1.62 bits per heavy atom. The summed E-state index contributed by atoms with van der Waals surface area (Å²) in [6.07, 6.45) is 6.85. The molecule has 0 amide bonds. The lowest BCUT2D eigenvalue weighted by Gasteiger charge is -2.15. The molecule has 1 aromatic heterocycles. The van der Waals surface area contributed by atoms with Crippen LogP contribution >= 0.6 is 0 Å². The first-order chi connectivity index (χ1) is 14.0. The van der Waals surface area contributed by atoms with E-state index in [1.165, 1.54) is 11.1 Å². The molecule has 2 heteroatoms. The minimum absolute atomic E-state index is 0.748. The molecule has 0 bridgehead atoms. The minimum atomic E-state index is 0.748. The third kappa shape index (κ3) is 4.60. The fraction of sp³-hybridized carbons (Fsp3) is 0.185. The van der Waals surface area contributed by atoms with Crippen LogP contribution < -0.4 is 0 Å². The summed E-state index contributed by atoms with van der Waals surface area (Å²) in [4.78, 5) is 9.98. The lowest BCUT2D eigenvalue weighted by atomic mass is 9.97. The third-order valence-corrected chi connectivity index (χ3v) is 5.01. The number of aryl methyl sites for hydroxylation is 1. The minimum Gasteiger partial charge on any atom is -0.228 e. The van der Waals surface area contributed by atoms with E-state index in [1.54, 1.807) is 6.08 Å². The van der Waals surface area contributed by atoms with Gasteiger partial charge < -0.3 is 0 Å². The van der Waals surface area contributed by atoms with Crippen LogP contribution in [0.3, 0.4) is 0 Å². The van der Waals surface area contributed by atoms with E-state index in [9.17, 15) is 0 Å². The number of hydrogen-bond acceptors (Lipinski definition) is 2. The van der Waals surface area contributed by atoms with Crippen molar-refractivity contribution in [3.05, 3.63) is 102 Å². The van der Waals surface area contributed by atoms with E-state index in [1.807, 2.05) is 24.3 Å². The zero-order chi connectivity index (χ0) is 20.8. The van der Waals surface area contributed by atoms with Gasteiger partial charge in [0.25, 0.3) is 0 Å². The van der Waals surface area contributed by atoms with Gasteiger partial charge in [0.05, 0.1) is 11.4 Å². The molecule has 3 rings (SSSR count). The molecule has 0 atom stereocenters. The number of aromatic nitrogens is 2. The van der Waals surface area contributed by atoms with Crippen molar-refractivity contribution in [2.24, 2.45) is 0 Å². The Balaban J connectivity index is 2.28. The average molecular weight is 381 g/mol. The topological polar surface area (TPSA) is 25.8 Å². The largest absolute Gasteiger partial charge is 0.228 e. The summed E-state index contributed by atoms with van der Waals surface area (Å²) in [5.41, 5.74) is 8.76. The van der Waals surface area contributed by atoms with Crippen LogP contribution in [0.25, 0.3) is 28.2 Å². The standard InChI is InChI=1S/C27H28N2/c1-6-8-14-24(19(3)4)26-20(5)25(22-12-10-9-11-13-22)28-27(29-26)23-17-15-21(7-2)16-18-23/h6,8-18H,1,7H2,2-5H3/b14-8-. The maximum Gasteiger partial charge on any atom is 0.160 e. The van der Waals surface area contributed by atoms with E-state index >= 15 is 0 Å². The second kappa shape index (κ2) is 9.29. The second-order valence-electron chi connectivity index (χ2n) is 7.29. The first kappa shape index (κ1) is 20.5. The molecule has 0 aliphatic heterocycles. The fourth-order valence-corrected chi connectivity index (χ4v) is 3.32. The van der Waals surface area contributed by atoms with Crippen LogP contribution in [0.5, 0.6) is 0 Å². The smallest absolute Gasteiger partial charge is 0.160 e. The first-order valence-electron chi connectivity index (χ1n) is 10.1. The van der Waals surface area contributed by atoms with Gasteiger partial charge >= 0.3 is 0 Å². The van der Waals surface area contributed by atoms with Gasteiger partial charge in [-0.05, 0) is 38.3 Å². The van der Waals surface area contributed by atoms with Gasteiger partial charge in [-0.3, -0.25) is 0 Å². The molecule has 0 fully saturated rings. The SMILES string of the molecule is C=C/C=C\C(=C(C)C)c1nc(-c2ccc(CC)cc2)nc(-c2ccccc2)c1C. The number of nitrogens with zero attached hydrogens (tertiary/aromatic N) is 2. The zero-order valence-corrected chi connectivity index (χ0v) is 17.7. The predicted octanol–water partition coefficient (Wildman–Crippen LogP) is 7.22. The van der Waals surface area contributed by atoms with Crippen molar-refractivity contribution in [3.63, 3.8) is 0 Å². The average Bonchev–Trinajstić information content (AvgIpc) is 2.75. The molecule has 29 heavy (non-hydrogen) atoms. The van der Waals surface area contributed by atoms with E-state index in [0.29, 0.717) is 0 Å². The highest BCUT2D eigenvalue weighted by Crippen LogP contribution is 2.31. The van der Waals surface area contributed by atoms with Crippen molar-refractivity contribution in [1.29, 1.82) is 0 Å². The van der Waals surface area contributed by atoms with Crippen molar-refractivity contribution in [2.45, 2.75) is 34.1 Å². The zero-order valence-electron chi connectivity index (χ0n) is 17.7. The van der Waals surface area contributed by atoms with Gasteiger partial charge in [0.15, 0.2) is 5.82 Å². The molecule has 0 radical (unpaired) electrons. The number of benzene rings is 2. The number of hydrogen-bond donors (Lipinski definition) is 0. The molecule has 146 valence electrons. The van der Waals surface area contributed by atoms with Crippen LogP contribution in [-0.2, 0) is 6.42 Å². The van der Waals surface area contributed by atoms with E-state index in [-0.39, 0.29) is 0 Å². The number of allylic oxidation sites excluding steroid dienone is 5. The van der Waals surface area contributed by atoms with E-state index in [0.717, 1.165) is 45.9 Å². The maximum absolute atomic E-state index is 5.00. The molecular weight excluding hydrogens is 352 g/mol. The van der Waals surface area contributed by atoms with Gasteiger partial charge in [0.1, 0.15) is 0 Å². The predicted molar refractivity (Wildman–Crippen MR) is 125 cm³/mol. The summed E-state index contributed by atoms with van der Waals surface area (Å²) in [5.74, 6) is 0.748. The van der Waals surface area contributed by atoms with Gasteiger partial charge in [-0.25, -0.2) is 9.97 Å². The van der Waals surface area contributed by atoms with Crippen LogP contribution in [0, 0.1) is 6.92 Å². The second-order valence-corrected chi connectivity index (χ2v) is 7.29. The first-order valence-corrected chi connectivity index (χ1v) is 10.1. The summed E-state index contributed by atoms with van der Waals surface area (Å²) in [6, 6.07) is 18.9. The molecule has 2 aromatic carbocycles. The lowest BCUT2D eigenvalue weighted by molar-refractivity contribution is 1.11. The van der Waals surface area contributed by atoms with Crippen LogP contribution in [0.4, 0.5) is 0 Å². The Bertz CT molecular complexity index is 1050. The Kier molecular flexibility index (Phi) is 6.56. The highest BCUT2D eigenvalue weighted by atomic mass is 14.9. The van der Waals surface area contributed by atoms with Crippen molar-refractivity contribution >= 4 is 5.57 Å². The Morgan fingerprint density at radius 3 is 2.21 bits per heavy atom. The van der Waals surface area contributed by atoms with Gasteiger partial charge in [-0.1, -0.05) is 91.9 Å². The Hall–Kier alpha value is -3.26. The van der Waals surface area contributed by atoms with E-state index in [2.05, 4.69) is 76.7 Å². The van der Waals surface area contributed by atoms with Gasteiger partial charge in [0.2, 0.25) is 0 Å². The normalized spacial score (nSPS) is 10.9. The molecule has 0 unspecified atom stereocenters. The molecule has 0 aliphatic rings. The molecule has 0 saturated carbocycles. The third-order valence-electron chi connectivity index (χ3n) is 5.01. The van der Waals surface area contributed by atoms with Crippen LogP contribution in [0.2, 0.25) is 0 Å². The molecule has 0 spiro atoms. The molecule has 1 heterocycles. The maximum atomic E-state index is 5.00.